The molecule has 0 amide bonds. The van der Waals surface area contributed by atoms with Gasteiger partial charge in [0.05, 0.1) is 0 Å². The van der Waals surface area contributed by atoms with E-state index in [4.69, 9.17) is 11.6 Å². The summed E-state index contributed by atoms with van der Waals surface area (Å²) in [5, 5.41) is 7.00. The van der Waals surface area contributed by atoms with Gasteiger partial charge in [0.25, 0.3) is 0 Å². The minimum absolute atomic E-state index is 0.0741. The minimum Gasteiger partial charge on any atom is -0.481 e. The monoisotopic (exact) mass is 310 g/mol. The van der Waals surface area contributed by atoms with Crippen molar-refractivity contribution in [1.29, 1.82) is 0 Å². The summed E-state index contributed by atoms with van der Waals surface area (Å²) in [6, 6.07) is 2.65. The molecule has 0 aliphatic heterocycles. The molecular weight excluding hydrogens is 307 g/mol. The largest absolute Gasteiger partial charge is 0.481 e. The third-order valence-electron chi connectivity index (χ3n) is 2.22. The third kappa shape index (κ3) is 2.64. The van der Waals surface area contributed by atoms with E-state index in [1.807, 2.05) is 0 Å². The molecule has 0 fully saturated rings. The van der Waals surface area contributed by atoms with Gasteiger partial charge in [0.1, 0.15) is 12.3 Å². The quantitative estimate of drug-likeness (QED) is 0.495. The van der Waals surface area contributed by atoms with Gasteiger partial charge in [-0.25, -0.2) is 13.2 Å². The maximum Gasteiger partial charge on any atom is 0.207 e. The van der Waals surface area contributed by atoms with E-state index < -0.39 is 41.4 Å². The average Bonchev–Trinajstić information content (AvgIpc) is 2.45. The molecule has 9 heteroatoms. The second-order valence-electron chi connectivity index (χ2n) is 3.54. The highest BCUT2D eigenvalue weighted by Gasteiger charge is 2.27. The Morgan fingerprint density at radius 3 is 1.90 bits per heavy atom. The number of hydrogen-bond donors (Lipinski definition) is 0. The van der Waals surface area contributed by atoms with Gasteiger partial charge in [-0.3, -0.25) is 0 Å². The van der Waals surface area contributed by atoms with Crippen LogP contribution in [0.1, 0.15) is 5.69 Å². The Balaban J connectivity index is 2.28. The van der Waals surface area contributed by atoms with Gasteiger partial charge in [-0.05, 0) is 12.1 Å². The van der Waals surface area contributed by atoms with Crippen LogP contribution in [0.4, 0.5) is 22.0 Å². The Morgan fingerprint density at radius 1 is 0.850 bits per heavy atom. The summed E-state index contributed by atoms with van der Waals surface area (Å²) in [6.45, 7) is -0.539. The lowest BCUT2D eigenvalue weighted by atomic mass is 10.2. The van der Waals surface area contributed by atoms with Crippen LogP contribution in [-0.2, 0) is 6.61 Å². The van der Waals surface area contributed by atoms with Gasteiger partial charge in [0.2, 0.25) is 29.1 Å². The number of aromatic nitrogens is 2. The standard InChI is InChI=1S/C11H4ClF5N2O/c12-5-2-1-4(18-19-5)3-20-11-9(16)7(14)6(13)8(15)10(11)17/h1-2H,3H2. The van der Waals surface area contributed by atoms with Crippen LogP contribution in [0.5, 0.6) is 5.75 Å². The number of rotatable bonds is 3. The molecule has 2 rings (SSSR count). The SMILES string of the molecule is Fc1c(F)c(F)c(OCc2ccc(Cl)nn2)c(F)c1F. The zero-order valence-electron chi connectivity index (χ0n) is 9.43. The van der Waals surface area contributed by atoms with Gasteiger partial charge in [-0.1, -0.05) is 11.6 Å². The Labute approximate surface area is 114 Å². The fourth-order valence-electron chi connectivity index (χ4n) is 1.28. The molecule has 0 saturated heterocycles. The van der Waals surface area contributed by atoms with Crippen LogP contribution >= 0.6 is 11.6 Å². The van der Waals surface area contributed by atoms with Crippen LogP contribution in [0, 0.1) is 29.1 Å². The molecule has 1 heterocycles. The second kappa shape index (κ2) is 5.58. The van der Waals surface area contributed by atoms with Crippen LogP contribution in [-0.4, -0.2) is 10.2 Å². The van der Waals surface area contributed by atoms with Gasteiger partial charge in [0, 0.05) is 0 Å². The molecule has 2 aromatic rings. The molecule has 20 heavy (non-hydrogen) atoms. The molecule has 0 saturated carbocycles. The molecule has 0 aliphatic carbocycles. The van der Waals surface area contributed by atoms with Gasteiger partial charge in [-0.15, -0.1) is 5.10 Å². The number of nitrogens with zero attached hydrogens (tertiary/aromatic N) is 2. The first-order chi connectivity index (χ1) is 9.41. The predicted octanol–water partition coefficient (Wildman–Crippen LogP) is 3.40. The maximum atomic E-state index is 13.3. The molecule has 0 unspecified atom stereocenters. The zero-order chi connectivity index (χ0) is 14.9. The zero-order valence-corrected chi connectivity index (χ0v) is 10.2. The van der Waals surface area contributed by atoms with Crippen molar-refractivity contribution in [3.05, 3.63) is 52.1 Å². The summed E-state index contributed by atoms with van der Waals surface area (Å²) in [7, 11) is 0. The van der Waals surface area contributed by atoms with Crippen LogP contribution in [0.3, 0.4) is 0 Å². The lowest BCUT2D eigenvalue weighted by molar-refractivity contribution is 0.249. The highest BCUT2D eigenvalue weighted by molar-refractivity contribution is 6.29. The van der Waals surface area contributed by atoms with E-state index in [-0.39, 0.29) is 10.8 Å². The van der Waals surface area contributed by atoms with Crippen molar-refractivity contribution in [3.8, 4) is 5.75 Å². The van der Waals surface area contributed by atoms with Crippen LogP contribution < -0.4 is 4.74 Å². The van der Waals surface area contributed by atoms with Crippen molar-refractivity contribution >= 4 is 11.6 Å². The molecule has 0 atom stereocenters. The molecule has 0 N–H and O–H groups in total. The van der Waals surface area contributed by atoms with Gasteiger partial charge < -0.3 is 4.74 Å². The Morgan fingerprint density at radius 2 is 1.40 bits per heavy atom. The molecular formula is C11H4ClF5N2O. The Hall–Kier alpha value is -1.96. The molecule has 3 nitrogen and oxygen atoms in total. The van der Waals surface area contributed by atoms with E-state index in [1.165, 1.54) is 12.1 Å². The summed E-state index contributed by atoms with van der Waals surface area (Å²) in [5.74, 6) is -11.9. The Bertz CT molecular complexity index is 621. The van der Waals surface area contributed by atoms with E-state index in [9.17, 15) is 22.0 Å². The third-order valence-corrected chi connectivity index (χ3v) is 2.42. The maximum absolute atomic E-state index is 13.3. The van der Waals surface area contributed by atoms with Crippen molar-refractivity contribution < 1.29 is 26.7 Å². The van der Waals surface area contributed by atoms with Crippen molar-refractivity contribution in [1.82, 2.24) is 10.2 Å². The van der Waals surface area contributed by atoms with Crippen LogP contribution in [0.25, 0.3) is 0 Å². The lowest BCUT2D eigenvalue weighted by Crippen LogP contribution is -2.08. The first-order valence-corrected chi connectivity index (χ1v) is 5.42. The lowest BCUT2D eigenvalue weighted by Gasteiger charge is -2.09. The summed E-state index contributed by atoms with van der Waals surface area (Å²) in [4.78, 5) is 0. The van der Waals surface area contributed by atoms with Crippen molar-refractivity contribution in [2.75, 3.05) is 0 Å². The molecule has 1 aromatic carbocycles. The van der Waals surface area contributed by atoms with E-state index in [2.05, 4.69) is 14.9 Å². The molecule has 0 radical (unpaired) electrons. The first kappa shape index (κ1) is 14.4. The first-order valence-electron chi connectivity index (χ1n) is 5.04. The number of halogens is 6. The molecule has 0 bridgehead atoms. The summed E-state index contributed by atoms with van der Waals surface area (Å²) >= 11 is 5.46. The minimum atomic E-state index is -2.25. The van der Waals surface area contributed by atoms with Gasteiger partial charge in [0.15, 0.2) is 10.9 Å². The topological polar surface area (TPSA) is 35.0 Å². The number of benzene rings is 1. The van der Waals surface area contributed by atoms with E-state index in [0.29, 0.717) is 0 Å². The van der Waals surface area contributed by atoms with Crippen molar-refractivity contribution in [2.45, 2.75) is 6.61 Å². The number of hydrogen-bond acceptors (Lipinski definition) is 3. The van der Waals surface area contributed by atoms with Crippen LogP contribution in [0.2, 0.25) is 5.15 Å². The van der Waals surface area contributed by atoms with Gasteiger partial charge in [-0.2, -0.15) is 13.9 Å². The Kier molecular flexibility index (Phi) is 4.03. The summed E-state index contributed by atoms with van der Waals surface area (Å²) in [5.41, 5.74) is 0.0957. The molecule has 0 spiro atoms. The fourth-order valence-corrected chi connectivity index (χ4v) is 1.38. The van der Waals surface area contributed by atoms with E-state index >= 15 is 0 Å². The highest BCUT2D eigenvalue weighted by atomic mass is 35.5. The number of ether oxygens (including phenoxy) is 1. The predicted molar refractivity (Wildman–Crippen MR) is 57.6 cm³/mol. The average molecular weight is 311 g/mol. The van der Waals surface area contributed by atoms with E-state index in [0.717, 1.165) is 0 Å². The fraction of sp³-hybridized carbons (Fsp3) is 0.0909. The van der Waals surface area contributed by atoms with Crippen molar-refractivity contribution in [3.63, 3.8) is 0 Å². The second-order valence-corrected chi connectivity index (χ2v) is 3.92. The highest BCUT2D eigenvalue weighted by Crippen LogP contribution is 2.29. The van der Waals surface area contributed by atoms with Crippen LogP contribution in [0.15, 0.2) is 12.1 Å². The summed E-state index contributed by atoms with van der Waals surface area (Å²) < 4.78 is 69.7. The summed E-state index contributed by atoms with van der Waals surface area (Å²) in [6.07, 6.45) is 0. The van der Waals surface area contributed by atoms with E-state index in [1.54, 1.807) is 0 Å². The smallest absolute Gasteiger partial charge is 0.207 e. The van der Waals surface area contributed by atoms with Gasteiger partial charge >= 0.3 is 0 Å². The normalized spacial score (nSPS) is 10.7. The molecule has 1 aromatic heterocycles. The molecule has 0 aliphatic rings. The van der Waals surface area contributed by atoms with Crippen molar-refractivity contribution in [2.24, 2.45) is 0 Å². The molecule has 106 valence electrons.